The van der Waals surface area contributed by atoms with Crippen LogP contribution in [0.2, 0.25) is 5.02 Å². The molecule has 1 saturated heterocycles. The molecule has 0 aliphatic carbocycles. The molecule has 2 N–H and O–H groups in total. The normalized spacial score (nSPS) is 22.2. The maximum atomic E-state index is 5.93. The van der Waals surface area contributed by atoms with E-state index in [0.29, 0.717) is 11.1 Å². The standard InChI is InChI=1S/C12H17ClN2O/c1-9-7-15(4-5-16-9)8-10-2-3-11(13)6-12(10)14/h2-3,6,9H,4-5,7-8,14H2,1H3. The van der Waals surface area contributed by atoms with Crippen LogP contribution in [0, 0.1) is 0 Å². The molecule has 0 aromatic heterocycles. The van der Waals surface area contributed by atoms with E-state index in [0.717, 1.165) is 37.5 Å². The van der Waals surface area contributed by atoms with Crippen LogP contribution in [0.15, 0.2) is 18.2 Å². The molecule has 0 saturated carbocycles. The molecule has 1 aromatic rings. The van der Waals surface area contributed by atoms with E-state index in [1.807, 2.05) is 12.1 Å². The minimum atomic E-state index is 0.308. The van der Waals surface area contributed by atoms with Crippen molar-refractivity contribution in [3.05, 3.63) is 28.8 Å². The molecule has 0 bridgehead atoms. The number of benzene rings is 1. The zero-order valence-electron chi connectivity index (χ0n) is 9.45. The number of hydrogen-bond donors (Lipinski definition) is 1. The molecule has 1 fully saturated rings. The van der Waals surface area contributed by atoms with Crippen molar-refractivity contribution in [1.82, 2.24) is 4.90 Å². The number of hydrogen-bond acceptors (Lipinski definition) is 3. The predicted molar refractivity (Wildman–Crippen MR) is 66.6 cm³/mol. The summed E-state index contributed by atoms with van der Waals surface area (Å²) < 4.78 is 5.50. The molecule has 88 valence electrons. The van der Waals surface area contributed by atoms with Crippen LogP contribution in [0.4, 0.5) is 5.69 Å². The topological polar surface area (TPSA) is 38.5 Å². The summed E-state index contributed by atoms with van der Waals surface area (Å²) in [5, 5.41) is 0.691. The van der Waals surface area contributed by atoms with Crippen molar-refractivity contribution in [2.75, 3.05) is 25.4 Å². The Labute approximate surface area is 101 Å². The smallest absolute Gasteiger partial charge is 0.0674 e. The van der Waals surface area contributed by atoms with E-state index in [-0.39, 0.29) is 0 Å². The Morgan fingerprint density at radius 2 is 2.38 bits per heavy atom. The Kier molecular flexibility index (Phi) is 3.69. The maximum Gasteiger partial charge on any atom is 0.0674 e. The zero-order valence-corrected chi connectivity index (χ0v) is 10.2. The van der Waals surface area contributed by atoms with Crippen molar-refractivity contribution < 1.29 is 4.74 Å². The van der Waals surface area contributed by atoms with Gasteiger partial charge in [-0.2, -0.15) is 0 Å². The molecule has 16 heavy (non-hydrogen) atoms. The Balaban J connectivity index is 2.02. The zero-order chi connectivity index (χ0) is 11.5. The lowest BCUT2D eigenvalue weighted by Crippen LogP contribution is -2.40. The quantitative estimate of drug-likeness (QED) is 0.805. The Bertz CT molecular complexity index is 370. The highest BCUT2D eigenvalue weighted by Gasteiger charge is 2.17. The molecule has 3 nitrogen and oxygen atoms in total. The van der Waals surface area contributed by atoms with Crippen LogP contribution in [0.25, 0.3) is 0 Å². The van der Waals surface area contributed by atoms with Crippen LogP contribution in [0.3, 0.4) is 0 Å². The van der Waals surface area contributed by atoms with Gasteiger partial charge in [-0.25, -0.2) is 0 Å². The molecule has 1 aliphatic heterocycles. The Morgan fingerprint density at radius 3 is 3.06 bits per heavy atom. The molecule has 1 aliphatic rings. The van der Waals surface area contributed by atoms with Crippen LogP contribution in [0.5, 0.6) is 0 Å². The summed E-state index contributed by atoms with van der Waals surface area (Å²) in [4.78, 5) is 2.35. The molecule has 1 heterocycles. The third-order valence-electron chi connectivity index (χ3n) is 2.83. The number of halogens is 1. The lowest BCUT2D eigenvalue weighted by Gasteiger charge is -2.31. The second-order valence-corrected chi connectivity index (χ2v) is 4.70. The molecule has 0 amide bonds. The average Bonchev–Trinajstić information content (AvgIpc) is 2.22. The molecule has 0 spiro atoms. The van der Waals surface area contributed by atoms with Gasteiger partial charge in [0.15, 0.2) is 0 Å². The van der Waals surface area contributed by atoms with Crippen molar-refractivity contribution in [1.29, 1.82) is 0 Å². The molecule has 1 aromatic carbocycles. The fourth-order valence-corrected chi connectivity index (χ4v) is 2.17. The SMILES string of the molecule is CC1CN(Cc2ccc(Cl)cc2N)CCO1. The second-order valence-electron chi connectivity index (χ2n) is 4.26. The molecule has 1 atom stereocenters. The van der Waals surface area contributed by atoms with E-state index in [2.05, 4.69) is 11.8 Å². The van der Waals surface area contributed by atoms with E-state index in [9.17, 15) is 0 Å². The number of anilines is 1. The summed E-state index contributed by atoms with van der Waals surface area (Å²) in [5.41, 5.74) is 7.84. The molecule has 0 radical (unpaired) electrons. The molecule has 4 heteroatoms. The summed E-state index contributed by atoms with van der Waals surface area (Å²) in [6.07, 6.45) is 0.308. The Morgan fingerprint density at radius 1 is 1.56 bits per heavy atom. The summed E-state index contributed by atoms with van der Waals surface area (Å²) in [7, 11) is 0. The van der Waals surface area contributed by atoms with E-state index >= 15 is 0 Å². The number of nitrogens with zero attached hydrogens (tertiary/aromatic N) is 1. The third kappa shape index (κ3) is 2.88. The van der Waals surface area contributed by atoms with Crippen LogP contribution in [-0.4, -0.2) is 30.7 Å². The van der Waals surface area contributed by atoms with E-state index in [1.165, 1.54) is 0 Å². The largest absolute Gasteiger partial charge is 0.398 e. The van der Waals surface area contributed by atoms with Gasteiger partial charge in [0.2, 0.25) is 0 Å². The third-order valence-corrected chi connectivity index (χ3v) is 3.06. The lowest BCUT2D eigenvalue weighted by atomic mass is 10.1. The first-order chi connectivity index (χ1) is 7.65. The van der Waals surface area contributed by atoms with Crippen molar-refractivity contribution >= 4 is 17.3 Å². The van der Waals surface area contributed by atoms with Gasteiger partial charge < -0.3 is 10.5 Å². The fourth-order valence-electron chi connectivity index (χ4n) is 1.98. The molecule has 1 unspecified atom stereocenters. The number of nitrogens with two attached hydrogens (primary N) is 1. The molecular formula is C12H17ClN2O. The number of ether oxygens (including phenoxy) is 1. The van der Waals surface area contributed by atoms with Gasteiger partial charge in [-0.15, -0.1) is 0 Å². The van der Waals surface area contributed by atoms with Gasteiger partial charge in [-0.3, -0.25) is 4.90 Å². The minimum Gasteiger partial charge on any atom is -0.398 e. The van der Waals surface area contributed by atoms with E-state index < -0.39 is 0 Å². The number of nitrogen functional groups attached to an aromatic ring is 1. The van der Waals surface area contributed by atoms with Gasteiger partial charge in [-0.05, 0) is 24.6 Å². The maximum absolute atomic E-state index is 5.93. The van der Waals surface area contributed by atoms with Crippen LogP contribution in [0.1, 0.15) is 12.5 Å². The van der Waals surface area contributed by atoms with E-state index in [4.69, 9.17) is 22.1 Å². The summed E-state index contributed by atoms with van der Waals surface area (Å²) in [6.45, 7) is 5.69. The van der Waals surface area contributed by atoms with Crippen LogP contribution >= 0.6 is 11.6 Å². The minimum absolute atomic E-state index is 0.308. The highest BCUT2D eigenvalue weighted by molar-refractivity contribution is 6.30. The van der Waals surface area contributed by atoms with Gasteiger partial charge in [-0.1, -0.05) is 17.7 Å². The van der Waals surface area contributed by atoms with Crippen molar-refractivity contribution in [3.63, 3.8) is 0 Å². The summed E-state index contributed by atoms with van der Waals surface area (Å²) in [5.74, 6) is 0. The highest BCUT2D eigenvalue weighted by atomic mass is 35.5. The average molecular weight is 241 g/mol. The predicted octanol–water partition coefficient (Wildman–Crippen LogP) is 2.14. The van der Waals surface area contributed by atoms with Crippen molar-refractivity contribution in [2.24, 2.45) is 0 Å². The Hall–Kier alpha value is -0.770. The first-order valence-corrected chi connectivity index (χ1v) is 5.91. The molecular weight excluding hydrogens is 224 g/mol. The highest BCUT2D eigenvalue weighted by Crippen LogP contribution is 2.20. The van der Waals surface area contributed by atoms with Gasteiger partial charge in [0, 0.05) is 30.3 Å². The number of rotatable bonds is 2. The molecule has 2 rings (SSSR count). The summed E-state index contributed by atoms with van der Waals surface area (Å²) >= 11 is 5.87. The van der Waals surface area contributed by atoms with Crippen molar-refractivity contribution in [3.8, 4) is 0 Å². The van der Waals surface area contributed by atoms with Gasteiger partial charge in [0.1, 0.15) is 0 Å². The fraction of sp³-hybridized carbons (Fsp3) is 0.500. The number of morpholine rings is 1. The van der Waals surface area contributed by atoms with Gasteiger partial charge in [0.25, 0.3) is 0 Å². The lowest BCUT2D eigenvalue weighted by molar-refractivity contribution is -0.0211. The monoisotopic (exact) mass is 240 g/mol. The van der Waals surface area contributed by atoms with E-state index in [1.54, 1.807) is 6.07 Å². The van der Waals surface area contributed by atoms with Gasteiger partial charge in [0.05, 0.1) is 12.7 Å². The van der Waals surface area contributed by atoms with Crippen LogP contribution < -0.4 is 5.73 Å². The second kappa shape index (κ2) is 5.04. The summed E-state index contributed by atoms with van der Waals surface area (Å²) in [6, 6.07) is 5.69. The van der Waals surface area contributed by atoms with Gasteiger partial charge >= 0.3 is 0 Å². The van der Waals surface area contributed by atoms with Crippen LogP contribution in [-0.2, 0) is 11.3 Å². The first kappa shape index (κ1) is 11.7. The first-order valence-electron chi connectivity index (χ1n) is 5.53. The van der Waals surface area contributed by atoms with Crippen molar-refractivity contribution in [2.45, 2.75) is 19.6 Å².